The molecule has 0 aliphatic carbocycles. The van der Waals surface area contributed by atoms with E-state index < -0.39 is 13.6 Å². The van der Waals surface area contributed by atoms with Crippen molar-refractivity contribution in [1.82, 2.24) is 5.32 Å². The molecule has 0 heterocycles. The van der Waals surface area contributed by atoms with E-state index in [0.717, 1.165) is 0 Å². The highest BCUT2D eigenvalue weighted by Crippen LogP contribution is 2.46. The molecule has 0 rings (SSSR count). The number of carbonyl (C=O) groups is 1. The van der Waals surface area contributed by atoms with Gasteiger partial charge in [0.1, 0.15) is 6.29 Å². The first-order valence-corrected chi connectivity index (χ1v) is 7.50. The van der Waals surface area contributed by atoms with Crippen LogP contribution in [-0.4, -0.2) is 31.4 Å². The Kier molecular flexibility index (Phi) is 7.63. The van der Waals surface area contributed by atoms with E-state index in [-0.39, 0.29) is 31.3 Å². The highest BCUT2D eigenvalue weighted by molar-refractivity contribution is 7.53. The summed E-state index contributed by atoms with van der Waals surface area (Å²) in [6.45, 7) is 7.65. The minimum absolute atomic E-state index is 0.0218. The first-order chi connectivity index (χ1) is 7.86. The quantitative estimate of drug-likeness (QED) is 0.646. The standard InChI is InChI=1S/C10H23N2O4P/c1-5-15-17(14,16-6-2)7-12-10(13)9(11)8(3)4/h8-9H,5-7,11H2,1-4H3,(H,12,13)/t9-/m0/s1. The molecule has 0 bridgehead atoms. The van der Waals surface area contributed by atoms with E-state index in [1.807, 2.05) is 13.8 Å². The summed E-state index contributed by atoms with van der Waals surface area (Å²) in [5.74, 6) is -0.326. The third-order valence-electron chi connectivity index (χ3n) is 2.12. The lowest BCUT2D eigenvalue weighted by Gasteiger charge is -2.20. The Bertz CT molecular complexity index is 273. The summed E-state index contributed by atoms with van der Waals surface area (Å²) in [4.78, 5) is 11.6. The molecule has 0 unspecified atom stereocenters. The second-order valence-corrected chi connectivity index (χ2v) is 5.97. The summed E-state index contributed by atoms with van der Waals surface area (Å²) in [6.07, 6.45) is -0.145. The van der Waals surface area contributed by atoms with Gasteiger partial charge in [0.2, 0.25) is 5.91 Å². The maximum absolute atomic E-state index is 12.0. The number of hydrogen-bond donors (Lipinski definition) is 2. The molecule has 1 amide bonds. The van der Waals surface area contributed by atoms with Crippen molar-refractivity contribution in [1.29, 1.82) is 0 Å². The van der Waals surface area contributed by atoms with Gasteiger partial charge in [0, 0.05) is 0 Å². The highest BCUT2D eigenvalue weighted by atomic mass is 31.2. The molecule has 0 fully saturated rings. The van der Waals surface area contributed by atoms with Crippen LogP contribution >= 0.6 is 7.60 Å². The van der Waals surface area contributed by atoms with Crippen LogP contribution in [0.25, 0.3) is 0 Å². The number of nitrogens with two attached hydrogens (primary N) is 1. The van der Waals surface area contributed by atoms with Crippen molar-refractivity contribution in [2.24, 2.45) is 11.7 Å². The molecular formula is C10H23N2O4P. The predicted molar refractivity (Wildman–Crippen MR) is 66.7 cm³/mol. The molecule has 0 aromatic heterocycles. The fourth-order valence-corrected chi connectivity index (χ4v) is 2.51. The second-order valence-electron chi connectivity index (χ2n) is 3.92. The molecule has 0 saturated heterocycles. The molecule has 0 radical (unpaired) electrons. The fourth-order valence-electron chi connectivity index (χ4n) is 1.12. The predicted octanol–water partition coefficient (Wildman–Crippen LogP) is 1.31. The van der Waals surface area contributed by atoms with E-state index in [1.165, 1.54) is 0 Å². The Hall–Kier alpha value is -0.420. The number of nitrogens with one attached hydrogen (secondary N) is 1. The lowest BCUT2D eigenvalue weighted by molar-refractivity contribution is -0.123. The van der Waals surface area contributed by atoms with Gasteiger partial charge in [-0.3, -0.25) is 9.36 Å². The number of rotatable bonds is 8. The minimum atomic E-state index is -3.23. The minimum Gasteiger partial charge on any atom is -0.343 e. The monoisotopic (exact) mass is 266 g/mol. The molecule has 102 valence electrons. The Morgan fingerprint density at radius 3 is 2.12 bits per heavy atom. The van der Waals surface area contributed by atoms with Gasteiger partial charge < -0.3 is 20.1 Å². The van der Waals surface area contributed by atoms with E-state index >= 15 is 0 Å². The van der Waals surface area contributed by atoms with Gasteiger partial charge in [-0.15, -0.1) is 0 Å². The van der Waals surface area contributed by atoms with Crippen molar-refractivity contribution >= 4 is 13.5 Å². The van der Waals surface area contributed by atoms with Crippen LogP contribution < -0.4 is 11.1 Å². The average Bonchev–Trinajstić information content (AvgIpc) is 2.25. The van der Waals surface area contributed by atoms with Gasteiger partial charge in [-0.1, -0.05) is 13.8 Å². The molecule has 0 aromatic carbocycles. The van der Waals surface area contributed by atoms with Crippen molar-refractivity contribution < 1.29 is 18.4 Å². The van der Waals surface area contributed by atoms with Crippen LogP contribution in [0.2, 0.25) is 0 Å². The van der Waals surface area contributed by atoms with E-state index in [9.17, 15) is 9.36 Å². The third kappa shape index (κ3) is 6.17. The van der Waals surface area contributed by atoms with Gasteiger partial charge >= 0.3 is 7.60 Å². The molecule has 1 atom stereocenters. The van der Waals surface area contributed by atoms with E-state index in [4.69, 9.17) is 14.8 Å². The zero-order chi connectivity index (χ0) is 13.5. The Labute approximate surface area is 103 Å². The van der Waals surface area contributed by atoms with Gasteiger partial charge in [-0.05, 0) is 19.8 Å². The maximum Gasteiger partial charge on any atom is 0.349 e. The van der Waals surface area contributed by atoms with Crippen LogP contribution in [0, 0.1) is 5.92 Å². The molecule has 0 saturated carbocycles. The van der Waals surface area contributed by atoms with Crippen molar-refractivity contribution in [2.75, 3.05) is 19.5 Å². The molecular weight excluding hydrogens is 243 g/mol. The summed E-state index contributed by atoms with van der Waals surface area (Å²) >= 11 is 0. The highest BCUT2D eigenvalue weighted by Gasteiger charge is 2.26. The summed E-state index contributed by atoms with van der Waals surface area (Å²) in [5.41, 5.74) is 5.65. The molecule has 17 heavy (non-hydrogen) atoms. The summed E-state index contributed by atoms with van der Waals surface area (Å²) in [7, 11) is -3.23. The van der Waals surface area contributed by atoms with Gasteiger partial charge in [0.25, 0.3) is 0 Å². The van der Waals surface area contributed by atoms with Gasteiger partial charge in [0.15, 0.2) is 0 Å². The normalized spacial score (nSPS) is 13.8. The molecule has 7 heteroatoms. The molecule has 0 spiro atoms. The van der Waals surface area contributed by atoms with Crippen molar-refractivity contribution in [3.63, 3.8) is 0 Å². The third-order valence-corrected chi connectivity index (χ3v) is 3.97. The van der Waals surface area contributed by atoms with Crippen LogP contribution in [0.5, 0.6) is 0 Å². The lowest BCUT2D eigenvalue weighted by Crippen LogP contribution is -2.44. The first kappa shape index (κ1) is 16.6. The molecule has 3 N–H and O–H groups in total. The number of carbonyl (C=O) groups excluding carboxylic acids is 1. The van der Waals surface area contributed by atoms with Crippen LogP contribution in [0.3, 0.4) is 0 Å². The van der Waals surface area contributed by atoms with E-state index in [2.05, 4.69) is 5.32 Å². The molecule has 6 nitrogen and oxygen atoms in total. The maximum atomic E-state index is 12.0. The van der Waals surface area contributed by atoms with Crippen LogP contribution in [0.15, 0.2) is 0 Å². The fraction of sp³-hybridized carbons (Fsp3) is 0.900. The summed E-state index contributed by atoms with van der Waals surface area (Å²) in [5, 5.41) is 2.50. The first-order valence-electron chi connectivity index (χ1n) is 5.77. The van der Waals surface area contributed by atoms with Crippen molar-refractivity contribution in [3.05, 3.63) is 0 Å². The largest absolute Gasteiger partial charge is 0.349 e. The number of amides is 1. The Balaban J connectivity index is 4.31. The van der Waals surface area contributed by atoms with Gasteiger partial charge in [0.05, 0.1) is 19.3 Å². The van der Waals surface area contributed by atoms with E-state index in [1.54, 1.807) is 13.8 Å². The molecule has 0 aromatic rings. The Morgan fingerprint density at radius 1 is 1.29 bits per heavy atom. The van der Waals surface area contributed by atoms with Crippen LogP contribution in [0.1, 0.15) is 27.7 Å². The zero-order valence-corrected chi connectivity index (χ0v) is 11.8. The second kappa shape index (κ2) is 7.82. The van der Waals surface area contributed by atoms with Crippen LogP contribution in [0.4, 0.5) is 0 Å². The average molecular weight is 266 g/mol. The number of hydrogen-bond acceptors (Lipinski definition) is 5. The molecule has 0 aliphatic heterocycles. The van der Waals surface area contributed by atoms with E-state index in [0.29, 0.717) is 0 Å². The summed E-state index contributed by atoms with van der Waals surface area (Å²) < 4.78 is 22.1. The van der Waals surface area contributed by atoms with Crippen molar-refractivity contribution in [2.45, 2.75) is 33.7 Å². The summed E-state index contributed by atoms with van der Waals surface area (Å²) in [6, 6.07) is -0.619. The van der Waals surface area contributed by atoms with Crippen molar-refractivity contribution in [3.8, 4) is 0 Å². The molecule has 0 aliphatic rings. The Morgan fingerprint density at radius 2 is 1.76 bits per heavy atom. The van der Waals surface area contributed by atoms with Gasteiger partial charge in [-0.2, -0.15) is 0 Å². The SMILES string of the molecule is CCOP(=O)(CNC(=O)[C@@H](N)C(C)C)OCC. The topological polar surface area (TPSA) is 90.7 Å². The smallest absolute Gasteiger partial charge is 0.343 e. The van der Waals surface area contributed by atoms with Gasteiger partial charge in [-0.25, -0.2) is 0 Å². The lowest BCUT2D eigenvalue weighted by atomic mass is 10.1. The van der Waals surface area contributed by atoms with Crippen LogP contribution in [-0.2, 0) is 18.4 Å². The zero-order valence-electron chi connectivity index (χ0n) is 10.9.